The highest BCUT2D eigenvalue weighted by molar-refractivity contribution is 5.89. The van der Waals surface area contributed by atoms with Crippen molar-refractivity contribution in [2.75, 3.05) is 0 Å². The molecule has 0 spiro atoms. The number of benzene rings is 1. The molecule has 0 saturated heterocycles. The fourth-order valence-electron chi connectivity index (χ4n) is 8.35. The van der Waals surface area contributed by atoms with Gasteiger partial charge in [-0.15, -0.1) is 0 Å². The summed E-state index contributed by atoms with van der Waals surface area (Å²) in [6, 6.07) is 9.38. The second-order valence-electron chi connectivity index (χ2n) is 11.7. The number of hydrogen-bond acceptors (Lipinski definition) is 4. The average Bonchev–Trinajstić information content (AvgIpc) is 3.11. The standard InChI is InChI=1S/C29H38O4/c1-18-16-21-17-22(32-19(2)30)12-14-28(21,3)24-13-15-29(4)23(26(18)24)10-11-25(29)33-27(31)20-8-6-5-7-9-20/h5-9,21-26H,1,10-17H2,2-4H3/t21-,22+,23-,24+,25+,26+,28-,29+/m1/s1. The van der Waals surface area contributed by atoms with E-state index in [1.54, 1.807) is 0 Å². The van der Waals surface area contributed by atoms with Gasteiger partial charge in [-0.3, -0.25) is 4.79 Å². The highest BCUT2D eigenvalue weighted by atomic mass is 16.5. The van der Waals surface area contributed by atoms with E-state index in [1.807, 2.05) is 30.3 Å². The third-order valence-electron chi connectivity index (χ3n) is 10.1. The third-order valence-corrected chi connectivity index (χ3v) is 10.1. The summed E-state index contributed by atoms with van der Waals surface area (Å²) in [5, 5.41) is 0. The summed E-state index contributed by atoms with van der Waals surface area (Å²) in [6.07, 6.45) is 8.48. The van der Waals surface area contributed by atoms with E-state index in [9.17, 15) is 9.59 Å². The minimum Gasteiger partial charge on any atom is -0.463 e. The van der Waals surface area contributed by atoms with Crippen LogP contribution < -0.4 is 0 Å². The zero-order valence-corrected chi connectivity index (χ0v) is 20.3. The quantitative estimate of drug-likeness (QED) is 0.398. The summed E-state index contributed by atoms with van der Waals surface area (Å²) in [5.41, 5.74) is 2.33. The van der Waals surface area contributed by atoms with Gasteiger partial charge in [-0.05, 0) is 92.6 Å². The van der Waals surface area contributed by atoms with E-state index >= 15 is 0 Å². The lowest BCUT2D eigenvalue weighted by Crippen LogP contribution is -2.55. The first kappa shape index (κ1) is 22.7. The van der Waals surface area contributed by atoms with E-state index in [0.717, 1.165) is 44.9 Å². The predicted molar refractivity (Wildman–Crippen MR) is 127 cm³/mol. The molecular weight excluding hydrogens is 412 g/mol. The van der Waals surface area contributed by atoms with E-state index in [1.165, 1.54) is 18.9 Å². The molecule has 4 heteroatoms. The van der Waals surface area contributed by atoms with E-state index in [0.29, 0.717) is 29.2 Å². The van der Waals surface area contributed by atoms with Gasteiger partial charge in [0, 0.05) is 12.3 Å². The number of ether oxygens (including phenoxy) is 2. The summed E-state index contributed by atoms with van der Waals surface area (Å²) in [7, 11) is 0. The van der Waals surface area contributed by atoms with Crippen LogP contribution in [0.15, 0.2) is 42.5 Å². The highest BCUT2D eigenvalue weighted by Crippen LogP contribution is 2.67. The number of fused-ring (bicyclic) bond motifs is 5. The van der Waals surface area contributed by atoms with Crippen LogP contribution in [-0.2, 0) is 14.3 Å². The molecule has 1 aromatic rings. The van der Waals surface area contributed by atoms with Gasteiger partial charge in [-0.2, -0.15) is 0 Å². The molecule has 0 radical (unpaired) electrons. The summed E-state index contributed by atoms with van der Waals surface area (Å²) >= 11 is 0. The third kappa shape index (κ3) is 3.74. The van der Waals surface area contributed by atoms with Crippen LogP contribution in [0.25, 0.3) is 0 Å². The summed E-state index contributed by atoms with van der Waals surface area (Å²) < 4.78 is 11.8. The Balaban J connectivity index is 1.34. The summed E-state index contributed by atoms with van der Waals surface area (Å²) in [4.78, 5) is 24.4. The van der Waals surface area contributed by atoms with E-state index in [4.69, 9.17) is 9.47 Å². The number of carbonyl (C=O) groups is 2. The van der Waals surface area contributed by atoms with Crippen molar-refractivity contribution in [3.63, 3.8) is 0 Å². The first-order valence-electron chi connectivity index (χ1n) is 12.8. The van der Waals surface area contributed by atoms with Crippen LogP contribution in [0.3, 0.4) is 0 Å². The molecule has 0 aromatic heterocycles. The van der Waals surface area contributed by atoms with Gasteiger partial charge in [0.1, 0.15) is 12.2 Å². The number of esters is 2. The topological polar surface area (TPSA) is 52.6 Å². The van der Waals surface area contributed by atoms with Crippen molar-refractivity contribution in [3.05, 3.63) is 48.0 Å². The van der Waals surface area contributed by atoms with Crippen molar-refractivity contribution >= 4 is 11.9 Å². The molecule has 0 N–H and O–H groups in total. The lowest BCUT2D eigenvalue weighted by Gasteiger charge is -2.61. The Bertz CT molecular complexity index is 938. The van der Waals surface area contributed by atoms with Crippen molar-refractivity contribution in [1.29, 1.82) is 0 Å². The van der Waals surface area contributed by atoms with Gasteiger partial charge in [0.2, 0.25) is 0 Å². The van der Waals surface area contributed by atoms with Crippen molar-refractivity contribution in [1.82, 2.24) is 0 Å². The van der Waals surface area contributed by atoms with Crippen LogP contribution in [0.5, 0.6) is 0 Å². The largest absolute Gasteiger partial charge is 0.463 e. The van der Waals surface area contributed by atoms with Crippen LogP contribution in [0.1, 0.15) is 82.5 Å². The number of hydrogen-bond donors (Lipinski definition) is 0. The van der Waals surface area contributed by atoms with Crippen LogP contribution in [0, 0.1) is 34.5 Å². The molecule has 178 valence electrons. The number of rotatable bonds is 3. The van der Waals surface area contributed by atoms with Gasteiger partial charge in [0.25, 0.3) is 0 Å². The Kier molecular flexibility index (Phi) is 5.69. The van der Waals surface area contributed by atoms with Crippen LogP contribution in [0.4, 0.5) is 0 Å². The lowest BCUT2D eigenvalue weighted by molar-refractivity contribution is -0.156. The Labute approximate surface area is 198 Å². The molecule has 5 rings (SSSR count). The Hall–Kier alpha value is -2.10. The predicted octanol–water partition coefficient (Wildman–Crippen LogP) is 6.35. The van der Waals surface area contributed by atoms with Crippen molar-refractivity contribution in [2.45, 2.75) is 84.3 Å². The first-order chi connectivity index (χ1) is 15.7. The summed E-state index contributed by atoms with van der Waals surface area (Å²) in [6.45, 7) is 11.0. The average molecular weight is 451 g/mol. The monoisotopic (exact) mass is 450 g/mol. The maximum absolute atomic E-state index is 12.8. The fraction of sp³-hybridized carbons (Fsp3) is 0.655. The second-order valence-corrected chi connectivity index (χ2v) is 11.7. The molecule has 4 aliphatic carbocycles. The van der Waals surface area contributed by atoms with Gasteiger partial charge < -0.3 is 9.47 Å². The summed E-state index contributed by atoms with van der Waals surface area (Å²) in [5.74, 6) is 1.86. The van der Waals surface area contributed by atoms with Crippen molar-refractivity contribution in [3.8, 4) is 0 Å². The molecule has 0 aliphatic heterocycles. The number of allylic oxidation sites excluding steroid dienone is 1. The lowest BCUT2D eigenvalue weighted by atomic mass is 9.44. The molecule has 8 atom stereocenters. The van der Waals surface area contributed by atoms with Gasteiger partial charge >= 0.3 is 11.9 Å². The SMILES string of the molecule is C=C1C[C@@H]2C[C@@H](OC(C)=O)CC[C@@]2(C)[C@H]2CC[C@]3(C)[C@@H](OC(=O)c4ccccc4)CC[C@@H]3[C@H]12. The second kappa shape index (κ2) is 8.29. The van der Waals surface area contributed by atoms with Crippen molar-refractivity contribution in [2.24, 2.45) is 34.5 Å². The molecule has 4 nitrogen and oxygen atoms in total. The first-order valence-corrected chi connectivity index (χ1v) is 12.8. The van der Waals surface area contributed by atoms with Crippen LogP contribution in [0.2, 0.25) is 0 Å². The zero-order valence-electron chi connectivity index (χ0n) is 20.3. The van der Waals surface area contributed by atoms with E-state index < -0.39 is 0 Å². The maximum Gasteiger partial charge on any atom is 0.338 e. The van der Waals surface area contributed by atoms with E-state index in [2.05, 4.69) is 20.4 Å². The molecule has 0 unspecified atom stereocenters. The smallest absolute Gasteiger partial charge is 0.338 e. The molecule has 4 aliphatic rings. The minimum atomic E-state index is -0.192. The Morgan fingerprint density at radius 3 is 2.36 bits per heavy atom. The Morgan fingerprint density at radius 2 is 1.64 bits per heavy atom. The molecule has 4 fully saturated rings. The normalized spacial score (nSPS) is 42.0. The minimum absolute atomic E-state index is 0.0193. The van der Waals surface area contributed by atoms with Crippen LogP contribution in [-0.4, -0.2) is 24.1 Å². The molecular formula is C29H38O4. The zero-order chi connectivity index (χ0) is 23.4. The van der Waals surface area contributed by atoms with Gasteiger partial charge in [0.05, 0.1) is 5.56 Å². The van der Waals surface area contributed by atoms with Gasteiger partial charge in [-0.25, -0.2) is 4.79 Å². The molecule has 0 amide bonds. The van der Waals surface area contributed by atoms with E-state index in [-0.39, 0.29) is 35.0 Å². The van der Waals surface area contributed by atoms with Crippen LogP contribution >= 0.6 is 0 Å². The molecule has 4 saturated carbocycles. The molecule has 1 aromatic carbocycles. The molecule has 0 heterocycles. The number of carbonyl (C=O) groups excluding carboxylic acids is 2. The van der Waals surface area contributed by atoms with Gasteiger partial charge in [-0.1, -0.05) is 44.2 Å². The Morgan fingerprint density at radius 1 is 0.939 bits per heavy atom. The fourth-order valence-corrected chi connectivity index (χ4v) is 8.35. The maximum atomic E-state index is 12.8. The highest BCUT2D eigenvalue weighted by Gasteiger charge is 2.62. The molecule has 33 heavy (non-hydrogen) atoms. The molecule has 0 bridgehead atoms. The van der Waals surface area contributed by atoms with Gasteiger partial charge in [0.15, 0.2) is 0 Å². The van der Waals surface area contributed by atoms with Crippen molar-refractivity contribution < 1.29 is 19.1 Å².